The number of benzene rings is 1. The molecule has 2 N–H and O–H groups in total. The predicted octanol–water partition coefficient (Wildman–Crippen LogP) is 2.60. The van der Waals surface area contributed by atoms with E-state index in [1.165, 1.54) is 6.07 Å². The summed E-state index contributed by atoms with van der Waals surface area (Å²) in [6, 6.07) is 6.12. The van der Waals surface area contributed by atoms with Crippen molar-refractivity contribution in [1.82, 2.24) is 4.90 Å². The van der Waals surface area contributed by atoms with Gasteiger partial charge in [0.05, 0.1) is 11.3 Å². The minimum absolute atomic E-state index is 0.0759. The fourth-order valence-electron chi connectivity index (χ4n) is 1.54. The van der Waals surface area contributed by atoms with Crippen LogP contribution in [-0.4, -0.2) is 47.1 Å². The Morgan fingerprint density at radius 2 is 2.05 bits per heavy atom. The number of carbonyl (C=O) groups is 2. The van der Waals surface area contributed by atoms with Crippen LogP contribution in [0.15, 0.2) is 24.3 Å². The number of hydrogen-bond acceptors (Lipinski definition) is 3. The summed E-state index contributed by atoms with van der Waals surface area (Å²) in [5.74, 6) is -0.236. The van der Waals surface area contributed by atoms with Crippen LogP contribution in [0, 0.1) is 0 Å². The molecule has 6 heteroatoms. The number of carboxylic acids is 1. The fraction of sp³-hybridized carbons (Fsp3) is 0.385. The third-order valence-electron chi connectivity index (χ3n) is 2.79. The zero-order chi connectivity index (χ0) is 14.4. The van der Waals surface area contributed by atoms with Gasteiger partial charge in [-0.1, -0.05) is 12.1 Å². The van der Waals surface area contributed by atoms with Gasteiger partial charge < -0.3 is 15.3 Å². The summed E-state index contributed by atoms with van der Waals surface area (Å²) in [5, 5.41) is 11.7. The van der Waals surface area contributed by atoms with Gasteiger partial charge in [0.25, 0.3) is 0 Å². The molecule has 5 nitrogen and oxygen atoms in total. The van der Waals surface area contributed by atoms with Crippen molar-refractivity contribution in [2.75, 3.05) is 24.4 Å². The van der Waals surface area contributed by atoms with Crippen LogP contribution in [0.4, 0.5) is 10.5 Å². The van der Waals surface area contributed by atoms with Gasteiger partial charge in [0.15, 0.2) is 0 Å². The molecule has 0 aliphatic rings. The molecular formula is C13H18N2O3S. The lowest BCUT2D eigenvalue weighted by atomic mass is 10.2. The summed E-state index contributed by atoms with van der Waals surface area (Å²) in [6.45, 7) is 1.94. The van der Waals surface area contributed by atoms with E-state index in [2.05, 4.69) is 5.32 Å². The summed E-state index contributed by atoms with van der Waals surface area (Å²) < 4.78 is 0. The van der Waals surface area contributed by atoms with E-state index >= 15 is 0 Å². The highest BCUT2D eigenvalue weighted by Gasteiger charge is 2.17. The lowest BCUT2D eigenvalue weighted by Gasteiger charge is -2.24. The van der Waals surface area contributed by atoms with Crippen LogP contribution in [0.3, 0.4) is 0 Å². The Labute approximate surface area is 117 Å². The molecule has 0 radical (unpaired) electrons. The van der Waals surface area contributed by atoms with E-state index in [0.29, 0.717) is 5.69 Å². The van der Waals surface area contributed by atoms with Crippen LogP contribution in [0.2, 0.25) is 0 Å². The maximum Gasteiger partial charge on any atom is 0.337 e. The van der Waals surface area contributed by atoms with Crippen LogP contribution >= 0.6 is 11.8 Å². The number of anilines is 1. The Bertz CT molecular complexity index is 465. The van der Waals surface area contributed by atoms with Gasteiger partial charge in [0, 0.05) is 18.8 Å². The zero-order valence-corrected chi connectivity index (χ0v) is 12.0. The van der Waals surface area contributed by atoms with E-state index in [1.54, 1.807) is 41.9 Å². The van der Waals surface area contributed by atoms with E-state index in [0.717, 1.165) is 5.75 Å². The summed E-state index contributed by atoms with van der Waals surface area (Å²) in [7, 11) is 1.69. The fourth-order valence-corrected chi connectivity index (χ4v) is 2.24. The highest BCUT2D eigenvalue weighted by atomic mass is 32.2. The quantitative estimate of drug-likeness (QED) is 0.871. The van der Waals surface area contributed by atoms with Gasteiger partial charge >= 0.3 is 12.0 Å². The zero-order valence-electron chi connectivity index (χ0n) is 11.2. The molecule has 1 aromatic carbocycles. The van der Waals surface area contributed by atoms with E-state index in [4.69, 9.17) is 5.11 Å². The molecule has 0 saturated heterocycles. The number of hydrogen-bond donors (Lipinski definition) is 2. The molecule has 2 amide bonds. The molecule has 1 aromatic rings. The first-order valence-corrected chi connectivity index (χ1v) is 7.21. The molecule has 0 bridgehead atoms. The number of carboxylic acid groups (broad SMARTS) is 1. The molecule has 0 saturated carbocycles. The smallest absolute Gasteiger partial charge is 0.337 e. The Balaban J connectivity index is 2.80. The predicted molar refractivity (Wildman–Crippen MR) is 78.0 cm³/mol. The molecule has 0 aliphatic heterocycles. The van der Waals surface area contributed by atoms with Gasteiger partial charge in [-0.25, -0.2) is 9.59 Å². The molecule has 0 aliphatic carbocycles. The molecule has 19 heavy (non-hydrogen) atoms. The van der Waals surface area contributed by atoms with Crippen molar-refractivity contribution in [2.45, 2.75) is 13.0 Å². The molecule has 1 rings (SSSR count). The summed E-state index contributed by atoms with van der Waals surface area (Å²) in [4.78, 5) is 24.6. The molecule has 0 heterocycles. The molecule has 1 atom stereocenters. The van der Waals surface area contributed by atoms with Crippen LogP contribution < -0.4 is 5.32 Å². The second-order valence-electron chi connectivity index (χ2n) is 4.20. The molecule has 104 valence electrons. The number of rotatable bonds is 5. The van der Waals surface area contributed by atoms with Gasteiger partial charge in [0.1, 0.15) is 0 Å². The van der Waals surface area contributed by atoms with Crippen molar-refractivity contribution in [3.8, 4) is 0 Å². The Morgan fingerprint density at radius 3 is 2.63 bits per heavy atom. The summed E-state index contributed by atoms with van der Waals surface area (Å²) in [5.41, 5.74) is 0.393. The van der Waals surface area contributed by atoms with Crippen LogP contribution in [-0.2, 0) is 0 Å². The van der Waals surface area contributed by atoms with Crippen molar-refractivity contribution in [3.05, 3.63) is 29.8 Å². The summed E-state index contributed by atoms with van der Waals surface area (Å²) >= 11 is 1.65. The first kappa shape index (κ1) is 15.4. The normalized spacial score (nSPS) is 11.7. The van der Waals surface area contributed by atoms with E-state index in [1.807, 2.05) is 13.2 Å². The SMILES string of the molecule is CSCC(C)N(C)C(=O)Nc1ccccc1C(=O)O. The molecule has 0 aromatic heterocycles. The van der Waals surface area contributed by atoms with Crippen LogP contribution in [0.25, 0.3) is 0 Å². The van der Waals surface area contributed by atoms with Crippen molar-refractivity contribution in [3.63, 3.8) is 0 Å². The number of para-hydroxylation sites is 1. The Hall–Kier alpha value is -1.69. The number of urea groups is 1. The van der Waals surface area contributed by atoms with Crippen molar-refractivity contribution < 1.29 is 14.7 Å². The molecule has 0 spiro atoms. The second kappa shape index (κ2) is 7.04. The lowest BCUT2D eigenvalue weighted by Crippen LogP contribution is -2.39. The van der Waals surface area contributed by atoms with E-state index in [-0.39, 0.29) is 17.6 Å². The van der Waals surface area contributed by atoms with Crippen LogP contribution in [0.1, 0.15) is 17.3 Å². The maximum absolute atomic E-state index is 12.0. The van der Waals surface area contributed by atoms with Crippen molar-refractivity contribution in [2.24, 2.45) is 0 Å². The topological polar surface area (TPSA) is 69.6 Å². The van der Waals surface area contributed by atoms with Gasteiger partial charge in [0.2, 0.25) is 0 Å². The first-order valence-electron chi connectivity index (χ1n) is 5.82. The average Bonchev–Trinajstić information content (AvgIpc) is 2.38. The maximum atomic E-state index is 12.0. The highest BCUT2D eigenvalue weighted by molar-refractivity contribution is 7.98. The Kier molecular flexibility index (Phi) is 5.69. The Morgan fingerprint density at radius 1 is 1.42 bits per heavy atom. The van der Waals surface area contributed by atoms with Crippen molar-refractivity contribution in [1.29, 1.82) is 0 Å². The van der Waals surface area contributed by atoms with Crippen molar-refractivity contribution >= 4 is 29.4 Å². The summed E-state index contributed by atoms with van der Waals surface area (Å²) in [6.07, 6.45) is 1.97. The molecular weight excluding hydrogens is 264 g/mol. The first-order chi connectivity index (χ1) is 8.97. The van der Waals surface area contributed by atoms with Gasteiger partial charge in [-0.05, 0) is 25.3 Å². The van der Waals surface area contributed by atoms with E-state index < -0.39 is 5.97 Å². The molecule has 1 unspecified atom stereocenters. The molecule has 0 fully saturated rings. The minimum Gasteiger partial charge on any atom is -0.478 e. The lowest BCUT2D eigenvalue weighted by molar-refractivity contribution is 0.0698. The standard InChI is InChI=1S/C13H18N2O3S/c1-9(8-19-3)15(2)13(18)14-11-7-5-4-6-10(11)12(16)17/h4-7,9H,8H2,1-3H3,(H,14,18)(H,16,17). The number of nitrogens with one attached hydrogen (secondary N) is 1. The average molecular weight is 282 g/mol. The van der Waals surface area contributed by atoms with Gasteiger partial charge in [-0.2, -0.15) is 11.8 Å². The van der Waals surface area contributed by atoms with E-state index in [9.17, 15) is 9.59 Å². The second-order valence-corrected chi connectivity index (χ2v) is 5.11. The third-order valence-corrected chi connectivity index (χ3v) is 3.60. The van der Waals surface area contributed by atoms with Gasteiger partial charge in [-0.15, -0.1) is 0 Å². The largest absolute Gasteiger partial charge is 0.478 e. The van der Waals surface area contributed by atoms with Crippen LogP contribution in [0.5, 0.6) is 0 Å². The third kappa shape index (κ3) is 4.17. The monoisotopic (exact) mass is 282 g/mol. The number of amides is 2. The number of carbonyl (C=O) groups excluding carboxylic acids is 1. The number of thioether (sulfide) groups is 1. The number of aromatic carboxylic acids is 1. The van der Waals surface area contributed by atoms with Gasteiger partial charge in [-0.3, -0.25) is 0 Å². The number of nitrogens with zero attached hydrogens (tertiary/aromatic N) is 1. The highest BCUT2D eigenvalue weighted by Crippen LogP contribution is 2.16. The minimum atomic E-state index is -1.06.